The summed E-state index contributed by atoms with van der Waals surface area (Å²) in [4.78, 5) is 60.3. The van der Waals surface area contributed by atoms with E-state index in [0.717, 1.165) is 62.9 Å². The van der Waals surface area contributed by atoms with Crippen molar-refractivity contribution in [1.29, 1.82) is 0 Å². The molecule has 1 saturated carbocycles. The van der Waals surface area contributed by atoms with Crippen molar-refractivity contribution in [3.05, 3.63) is 71.8 Å². The lowest BCUT2D eigenvalue weighted by atomic mass is 9.80. The number of rotatable bonds is 16. The molecule has 0 spiro atoms. The van der Waals surface area contributed by atoms with Crippen molar-refractivity contribution in [2.45, 2.75) is 113 Å². The monoisotopic (exact) mass is 673 g/mol. The topological polar surface area (TPSA) is 163 Å². The molecule has 3 saturated heterocycles. The molecule has 0 radical (unpaired) electrons. The first-order valence-electron chi connectivity index (χ1n) is 18.2. The quantitative estimate of drug-likeness (QED) is 0.170. The Morgan fingerprint density at radius 1 is 0.816 bits per heavy atom. The highest BCUT2D eigenvalue weighted by Crippen LogP contribution is 2.34. The van der Waals surface area contributed by atoms with Crippen LogP contribution in [-0.4, -0.2) is 95.4 Å². The van der Waals surface area contributed by atoms with Crippen LogP contribution in [0.3, 0.4) is 0 Å². The molecule has 4 aliphatic rings. The minimum atomic E-state index is -1.20. The Hall–Kier alpha value is -3.80. The summed E-state index contributed by atoms with van der Waals surface area (Å²) in [7, 11) is 0. The van der Waals surface area contributed by atoms with Gasteiger partial charge in [-0.2, -0.15) is 0 Å². The van der Waals surface area contributed by atoms with Crippen LogP contribution < -0.4 is 27.4 Å². The molecule has 11 nitrogen and oxygen atoms in total. The van der Waals surface area contributed by atoms with E-state index in [1.807, 2.05) is 65.6 Å². The lowest BCUT2D eigenvalue weighted by molar-refractivity contribution is -0.158. The summed E-state index contributed by atoms with van der Waals surface area (Å²) in [5.74, 6) is -1.25. The fourth-order valence-corrected chi connectivity index (χ4v) is 7.73. The molecule has 4 fully saturated rings. The maximum absolute atomic E-state index is 14.4. The summed E-state index contributed by atoms with van der Waals surface area (Å²) in [5.41, 5.74) is 12.7. The zero-order valence-corrected chi connectivity index (χ0v) is 28.9. The van der Waals surface area contributed by atoms with E-state index < -0.39 is 35.5 Å². The number of nitrogens with two attached hydrogens (primary N) is 2. The number of carbonyl (C=O) groups excluding carboxylic acids is 4. The summed E-state index contributed by atoms with van der Waals surface area (Å²) >= 11 is 0. The molecule has 3 heterocycles. The number of nitrogens with zero attached hydrogens (tertiary/aromatic N) is 2. The predicted molar refractivity (Wildman–Crippen MR) is 190 cm³/mol. The zero-order valence-electron chi connectivity index (χ0n) is 28.9. The third-order valence-corrected chi connectivity index (χ3v) is 10.6. The van der Waals surface area contributed by atoms with Crippen LogP contribution in [0.4, 0.5) is 0 Å². The van der Waals surface area contributed by atoms with Gasteiger partial charge in [0.1, 0.15) is 17.6 Å². The van der Waals surface area contributed by atoms with Gasteiger partial charge in [-0.15, -0.1) is 0 Å². The number of fused-ring (bicyclic) bond motifs is 2. The van der Waals surface area contributed by atoms with Crippen LogP contribution in [0, 0.1) is 0 Å². The number of nitrogens with one attached hydrogen (secondary N) is 3. The summed E-state index contributed by atoms with van der Waals surface area (Å²) in [6.07, 6.45) is 6.90. The van der Waals surface area contributed by atoms with Crippen LogP contribution >= 0.6 is 0 Å². The van der Waals surface area contributed by atoms with Gasteiger partial charge in [0.05, 0.1) is 6.04 Å². The van der Waals surface area contributed by atoms with Gasteiger partial charge < -0.3 is 32.3 Å². The first kappa shape index (κ1) is 36.5. The van der Waals surface area contributed by atoms with Crippen LogP contribution in [0.1, 0.15) is 75.8 Å². The minimum Gasteiger partial charge on any atom is -0.343 e. The molecular weight excluding hydrogens is 618 g/mol. The van der Waals surface area contributed by atoms with Gasteiger partial charge in [0.15, 0.2) is 0 Å². The van der Waals surface area contributed by atoms with E-state index in [1.54, 1.807) is 0 Å². The third-order valence-electron chi connectivity index (χ3n) is 10.6. The van der Waals surface area contributed by atoms with Crippen molar-refractivity contribution >= 4 is 23.6 Å². The second-order valence-corrected chi connectivity index (χ2v) is 14.1. The van der Waals surface area contributed by atoms with Crippen LogP contribution in [0.25, 0.3) is 0 Å². The second kappa shape index (κ2) is 17.2. The number of benzene rings is 2. The van der Waals surface area contributed by atoms with Gasteiger partial charge in [-0.25, -0.2) is 0 Å². The first-order chi connectivity index (χ1) is 23.7. The second-order valence-electron chi connectivity index (χ2n) is 14.1. The molecule has 5 atom stereocenters. The molecule has 6 rings (SSSR count). The highest BCUT2D eigenvalue weighted by molar-refractivity contribution is 5.97. The molecular formula is C38H55N7O4. The molecule has 2 bridgehead atoms. The number of carbonyl (C=O) groups is 4. The number of piperazine rings is 1. The van der Waals surface area contributed by atoms with Crippen molar-refractivity contribution in [2.24, 2.45) is 11.5 Å². The lowest BCUT2D eigenvalue weighted by Crippen LogP contribution is -2.73. The van der Waals surface area contributed by atoms with E-state index in [9.17, 15) is 19.2 Å². The number of hydrogen-bond donors (Lipinski definition) is 5. The average Bonchev–Trinajstić information content (AvgIpc) is 3.12. The number of piperidine rings is 1. The summed E-state index contributed by atoms with van der Waals surface area (Å²) in [6.45, 7) is 5.31. The summed E-state index contributed by atoms with van der Waals surface area (Å²) < 4.78 is 0. The molecule has 5 unspecified atom stereocenters. The van der Waals surface area contributed by atoms with Crippen molar-refractivity contribution < 1.29 is 19.2 Å². The maximum atomic E-state index is 14.4. The van der Waals surface area contributed by atoms with Gasteiger partial charge in [-0.3, -0.25) is 24.1 Å². The van der Waals surface area contributed by atoms with Gasteiger partial charge in [-0.1, -0.05) is 86.8 Å². The Morgan fingerprint density at radius 3 is 2.02 bits per heavy atom. The number of hydrogen-bond acceptors (Lipinski definition) is 7. The highest BCUT2D eigenvalue weighted by Gasteiger charge is 2.49. The van der Waals surface area contributed by atoms with E-state index in [0.29, 0.717) is 38.6 Å². The largest absolute Gasteiger partial charge is 0.343 e. The molecule has 2 aromatic carbocycles. The van der Waals surface area contributed by atoms with E-state index in [1.165, 1.54) is 0 Å². The van der Waals surface area contributed by atoms with Crippen molar-refractivity contribution in [3.8, 4) is 0 Å². The summed E-state index contributed by atoms with van der Waals surface area (Å²) in [5, 5.41) is 9.14. The lowest BCUT2D eigenvalue weighted by Gasteiger charge is -2.57. The Morgan fingerprint density at radius 2 is 1.43 bits per heavy atom. The van der Waals surface area contributed by atoms with Gasteiger partial charge in [0.2, 0.25) is 23.6 Å². The minimum absolute atomic E-state index is 0.0405. The van der Waals surface area contributed by atoms with E-state index in [2.05, 4.69) is 27.8 Å². The molecule has 4 amide bonds. The average molecular weight is 674 g/mol. The van der Waals surface area contributed by atoms with Gasteiger partial charge in [0, 0.05) is 31.6 Å². The van der Waals surface area contributed by atoms with Crippen molar-refractivity contribution in [3.63, 3.8) is 0 Å². The number of likely N-dealkylation sites (N-methyl/N-ethyl adjacent to an activating group) is 1. The number of unbranched alkanes of at least 4 members (excludes halogenated alkanes) is 1. The van der Waals surface area contributed by atoms with Crippen LogP contribution in [0.2, 0.25) is 0 Å². The van der Waals surface area contributed by atoms with Gasteiger partial charge >= 0.3 is 0 Å². The number of amides is 4. The Balaban J connectivity index is 1.32. The molecule has 49 heavy (non-hydrogen) atoms. The molecule has 2 aromatic rings. The van der Waals surface area contributed by atoms with Crippen LogP contribution in [0.5, 0.6) is 0 Å². The Labute approximate surface area is 290 Å². The van der Waals surface area contributed by atoms with Crippen molar-refractivity contribution in [2.75, 3.05) is 26.2 Å². The third kappa shape index (κ3) is 9.26. The van der Waals surface area contributed by atoms with Gasteiger partial charge in [-0.05, 0) is 69.2 Å². The molecule has 3 aliphatic heterocycles. The highest BCUT2D eigenvalue weighted by atomic mass is 16.2. The molecule has 7 N–H and O–H groups in total. The van der Waals surface area contributed by atoms with E-state index >= 15 is 0 Å². The predicted octanol–water partition coefficient (Wildman–Crippen LogP) is 2.02. The Bertz CT molecular complexity index is 1390. The Kier molecular flexibility index (Phi) is 12.8. The van der Waals surface area contributed by atoms with Crippen LogP contribution in [0.15, 0.2) is 60.7 Å². The SMILES string of the molecule is CCN1CC2CC(C1)N2C(=O)C(CCCCN)NC(=O)C1(NC(=O)C(Cc2ccccc2)NC(=O)C(N)Cc2ccccc2)CCCCC1. The fourth-order valence-electron chi connectivity index (χ4n) is 7.73. The molecule has 0 aromatic heterocycles. The van der Waals surface area contributed by atoms with E-state index in [-0.39, 0.29) is 30.3 Å². The standard InChI is InChI=1S/C38H55N7O4/c1-2-44-25-29-24-30(26-44)45(29)36(48)32(18-10-13-21-39)42-37(49)38(19-11-5-12-20-38)43-35(47)33(23-28-16-8-4-9-17-28)41-34(46)31(40)22-27-14-6-3-7-15-27/h3-4,6-9,14-17,29-33H,2,5,10-13,18-26,39-40H2,1H3,(H,41,46)(H,42,49)(H,43,47). The molecule has 266 valence electrons. The van der Waals surface area contributed by atoms with Crippen molar-refractivity contribution in [1.82, 2.24) is 25.8 Å². The summed E-state index contributed by atoms with van der Waals surface area (Å²) in [6, 6.07) is 16.8. The molecule has 11 heteroatoms. The normalized spacial score (nSPS) is 21.8. The maximum Gasteiger partial charge on any atom is 0.246 e. The smallest absolute Gasteiger partial charge is 0.246 e. The van der Waals surface area contributed by atoms with Gasteiger partial charge in [0.25, 0.3) is 0 Å². The molecule has 1 aliphatic carbocycles. The van der Waals surface area contributed by atoms with E-state index in [4.69, 9.17) is 11.5 Å². The zero-order chi connectivity index (χ0) is 34.8. The first-order valence-corrected chi connectivity index (χ1v) is 18.2. The fraction of sp³-hybridized carbons (Fsp3) is 0.579. The van der Waals surface area contributed by atoms with Crippen LogP contribution in [-0.2, 0) is 32.0 Å².